The smallest absolute Gasteiger partial charge is 0.258 e. The van der Waals surface area contributed by atoms with E-state index in [9.17, 15) is 14.5 Å². The molecule has 3 nitrogen and oxygen atoms in total. The van der Waals surface area contributed by atoms with Gasteiger partial charge < -0.3 is 0 Å². The Morgan fingerprint density at radius 2 is 1.95 bits per heavy atom. The van der Waals surface area contributed by atoms with Gasteiger partial charge in [0, 0.05) is 20.9 Å². The van der Waals surface area contributed by atoms with Crippen molar-refractivity contribution in [1.82, 2.24) is 0 Å². The van der Waals surface area contributed by atoms with Crippen molar-refractivity contribution in [2.45, 2.75) is 11.2 Å². The summed E-state index contributed by atoms with van der Waals surface area (Å²) in [7, 11) is 0. The van der Waals surface area contributed by atoms with E-state index in [1.165, 1.54) is 18.2 Å². The number of para-hydroxylation sites is 1. The van der Waals surface area contributed by atoms with E-state index in [0.717, 1.165) is 5.56 Å². The van der Waals surface area contributed by atoms with Gasteiger partial charge in [0.05, 0.1) is 4.92 Å². The highest BCUT2D eigenvalue weighted by Gasteiger charge is 2.18. The molecule has 6 heteroatoms. The average Bonchev–Trinajstić information content (AvgIpc) is 2.38. The largest absolute Gasteiger partial charge is 0.272 e. The Hall–Kier alpha value is -1.27. The highest BCUT2D eigenvalue weighted by Crippen LogP contribution is 2.34. The average molecular weight is 403 g/mol. The van der Waals surface area contributed by atoms with Crippen LogP contribution in [0.5, 0.6) is 0 Å². The van der Waals surface area contributed by atoms with E-state index in [0.29, 0.717) is 16.5 Å². The Labute approximate surface area is 132 Å². The molecule has 2 aromatic rings. The number of alkyl halides is 1. The molecule has 0 saturated carbocycles. The normalized spacial score (nSPS) is 12.2. The van der Waals surface area contributed by atoms with E-state index in [1.807, 2.05) is 0 Å². The molecule has 0 N–H and O–H groups in total. The third-order valence-corrected chi connectivity index (χ3v) is 4.39. The van der Waals surface area contributed by atoms with Crippen molar-refractivity contribution in [1.29, 1.82) is 0 Å². The second-order valence-electron chi connectivity index (χ2n) is 4.22. The van der Waals surface area contributed by atoms with Crippen LogP contribution in [0, 0.1) is 15.9 Å². The Balaban J connectivity index is 2.28. The van der Waals surface area contributed by atoms with E-state index in [4.69, 9.17) is 0 Å². The van der Waals surface area contributed by atoms with Crippen molar-refractivity contribution < 1.29 is 9.31 Å². The van der Waals surface area contributed by atoms with Crippen molar-refractivity contribution in [3.8, 4) is 0 Å². The third kappa shape index (κ3) is 3.43. The van der Waals surface area contributed by atoms with Gasteiger partial charge in [-0.2, -0.15) is 0 Å². The van der Waals surface area contributed by atoms with Crippen LogP contribution < -0.4 is 0 Å². The molecule has 0 fully saturated rings. The number of nitrogens with zero attached hydrogens (tertiary/aromatic N) is 1. The molecule has 0 aliphatic rings. The zero-order valence-corrected chi connectivity index (χ0v) is 13.4. The van der Waals surface area contributed by atoms with Crippen LogP contribution >= 0.6 is 31.9 Å². The Bertz CT molecular complexity index is 649. The highest BCUT2D eigenvalue weighted by atomic mass is 79.9. The van der Waals surface area contributed by atoms with Gasteiger partial charge in [-0.05, 0) is 24.1 Å². The molecule has 0 saturated heterocycles. The molecular weight excluding hydrogens is 393 g/mol. The van der Waals surface area contributed by atoms with E-state index in [2.05, 4.69) is 31.9 Å². The maximum absolute atomic E-state index is 13.1. The zero-order chi connectivity index (χ0) is 14.7. The van der Waals surface area contributed by atoms with Crippen LogP contribution in [0.4, 0.5) is 10.1 Å². The molecule has 0 amide bonds. The first-order valence-electron chi connectivity index (χ1n) is 5.80. The number of hydrogen-bond acceptors (Lipinski definition) is 2. The SMILES string of the molecule is O=[N+]([O-])c1ccccc1CC(Br)c1ccc(F)cc1Br. The van der Waals surface area contributed by atoms with E-state index >= 15 is 0 Å². The third-order valence-electron chi connectivity index (χ3n) is 2.89. The van der Waals surface area contributed by atoms with E-state index in [-0.39, 0.29) is 16.3 Å². The summed E-state index contributed by atoms with van der Waals surface area (Å²) in [6, 6.07) is 11.0. The predicted molar refractivity (Wildman–Crippen MR) is 82.6 cm³/mol. The first-order chi connectivity index (χ1) is 9.49. The van der Waals surface area contributed by atoms with Crippen LogP contribution in [0.15, 0.2) is 46.9 Å². The fraction of sp³-hybridized carbons (Fsp3) is 0.143. The van der Waals surface area contributed by atoms with Crippen LogP contribution in [0.3, 0.4) is 0 Å². The maximum Gasteiger partial charge on any atom is 0.272 e. The summed E-state index contributed by atoms with van der Waals surface area (Å²) < 4.78 is 13.7. The van der Waals surface area contributed by atoms with Crippen molar-refractivity contribution >= 4 is 37.5 Å². The van der Waals surface area contributed by atoms with Gasteiger partial charge in [-0.3, -0.25) is 10.1 Å². The molecule has 1 atom stereocenters. The van der Waals surface area contributed by atoms with Gasteiger partial charge in [0.1, 0.15) is 5.82 Å². The van der Waals surface area contributed by atoms with Crippen LogP contribution in [0.2, 0.25) is 0 Å². The molecule has 0 radical (unpaired) electrons. The van der Waals surface area contributed by atoms with E-state index in [1.54, 1.807) is 24.3 Å². The molecule has 104 valence electrons. The van der Waals surface area contributed by atoms with Gasteiger partial charge in [0.2, 0.25) is 0 Å². The summed E-state index contributed by atoms with van der Waals surface area (Å²) in [5, 5.41) is 11.0. The first kappa shape index (κ1) is 15.1. The highest BCUT2D eigenvalue weighted by molar-refractivity contribution is 9.11. The van der Waals surface area contributed by atoms with Crippen molar-refractivity contribution in [3.63, 3.8) is 0 Å². The molecule has 20 heavy (non-hydrogen) atoms. The molecule has 2 rings (SSSR count). The second-order valence-corrected chi connectivity index (χ2v) is 6.18. The molecule has 0 heterocycles. The minimum absolute atomic E-state index is 0.0928. The standard InChI is InChI=1S/C14H10Br2FNO2/c15-12(11-6-5-10(17)8-13(11)16)7-9-3-1-2-4-14(9)18(19)20/h1-6,8,12H,7H2. The van der Waals surface area contributed by atoms with Crippen LogP contribution in [-0.4, -0.2) is 4.92 Å². The molecule has 0 aliphatic carbocycles. The van der Waals surface area contributed by atoms with Gasteiger partial charge in [-0.25, -0.2) is 4.39 Å². The Morgan fingerprint density at radius 3 is 2.60 bits per heavy atom. The monoisotopic (exact) mass is 401 g/mol. The lowest BCUT2D eigenvalue weighted by molar-refractivity contribution is -0.385. The van der Waals surface area contributed by atoms with Gasteiger partial charge >= 0.3 is 0 Å². The van der Waals surface area contributed by atoms with Gasteiger partial charge in [-0.1, -0.05) is 56.1 Å². The maximum atomic E-state index is 13.1. The second kappa shape index (κ2) is 6.45. The van der Waals surface area contributed by atoms with Crippen LogP contribution in [0.25, 0.3) is 0 Å². The fourth-order valence-corrected chi connectivity index (χ4v) is 3.60. The van der Waals surface area contributed by atoms with Gasteiger partial charge in [-0.15, -0.1) is 0 Å². The zero-order valence-electron chi connectivity index (χ0n) is 10.2. The number of rotatable bonds is 4. The minimum Gasteiger partial charge on any atom is -0.258 e. The molecule has 1 unspecified atom stereocenters. The number of halogens is 3. The number of benzene rings is 2. The quantitative estimate of drug-likeness (QED) is 0.402. The van der Waals surface area contributed by atoms with Gasteiger partial charge in [0.15, 0.2) is 0 Å². The lowest BCUT2D eigenvalue weighted by Gasteiger charge is -2.12. The summed E-state index contributed by atoms with van der Waals surface area (Å²) in [6.45, 7) is 0. The van der Waals surface area contributed by atoms with Crippen LogP contribution in [-0.2, 0) is 6.42 Å². The Morgan fingerprint density at radius 1 is 1.25 bits per heavy atom. The summed E-state index contributed by atoms with van der Waals surface area (Å²) in [4.78, 5) is 10.4. The molecule has 0 bridgehead atoms. The number of hydrogen-bond donors (Lipinski definition) is 0. The number of nitro benzene ring substituents is 1. The minimum atomic E-state index is -0.394. The lowest BCUT2D eigenvalue weighted by atomic mass is 10.0. The molecule has 0 aromatic heterocycles. The first-order valence-corrected chi connectivity index (χ1v) is 7.51. The molecular formula is C14H10Br2FNO2. The summed E-state index contributed by atoms with van der Waals surface area (Å²) in [5.74, 6) is -0.328. The molecule has 0 aliphatic heterocycles. The topological polar surface area (TPSA) is 43.1 Å². The summed E-state index contributed by atoms with van der Waals surface area (Å²) in [6.07, 6.45) is 0.446. The van der Waals surface area contributed by atoms with Crippen molar-refractivity contribution in [2.75, 3.05) is 0 Å². The Kier molecular flexibility index (Phi) is 4.88. The summed E-state index contributed by atoms with van der Waals surface area (Å²) >= 11 is 6.81. The van der Waals surface area contributed by atoms with Gasteiger partial charge in [0.25, 0.3) is 5.69 Å². The predicted octanol–water partition coefficient (Wildman–Crippen LogP) is 5.18. The van der Waals surface area contributed by atoms with Crippen LogP contribution in [0.1, 0.15) is 16.0 Å². The van der Waals surface area contributed by atoms with Crippen molar-refractivity contribution in [3.05, 3.63) is 74.0 Å². The number of nitro groups is 1. The van der Waals surface area contributed by atoms with E-state index < -0.39 is 4.92 Å². The summed E-state index contributed by atoms with van der Waals surface area (Å²) in [5.41, 5.74) is 1.58. The molecule has 0 spiro atoms. The fourth-order valence-electron chi connectivity index (χ4n) is 1.92. The molecule has 2 aromatic carbocycles. The lowest BCUT2D eigenvalue weighted by Crippen LogP contribution is -2.01. The van der Waals surface area contributed by atoms with Crippen molar-refractivity contribution in [2.24, 2.45) is 0 Å².